The Labute approximate surface area is 101 Å². The van der Waals surface area contributed by atoms with Crippen LogP contribution in [0.1, 0.15) is 25.3 Å². The normalized spacial score (nSPS) is 19.2. The van der Waals surface area contributed by atoms with E-state index in [4.69, 9.17) is 9.84 Å². The van der Waals surface area contributed by atoms with Gasteiger partial charge in [-0.2, -0.15) is 0 Å². The second kappa shape index (κ2) is 5.02. The Bertz CT molecular complexity index is 389. The zero-order chi connectivity index (χ0) is 12.3. The lowest BCUT2D eigenvalue weighted by atomic mass is 9.92. The van der Waals surface area contributed by atoms with E-state index in [9.17, 15) is 4.39 Å². The number of benzene rings is 1. The molecule has 0 aliphatic carbocycles. The van der Waals surface area contributed by atoms with Crippen molar-refractivity contribution < 1.29 is 14.2 Å². The number of halogens is 1. The molecule has 0 saturated carbocycles. The summed E-state index contributed by atoms with van der Waals surface area (Å²) in [6, 6.07) is 4.48. The minimum Gasteiger partial charge on any atom is -0.505 e. The third-order valence-electron chi connectivity index (χ3n) is 3.33. The first-order chi connectivity index (χ1) is 8.09. The number of ether oxygens (including phenoxy) is 1. The van der Waals surface area contributed by atoms with Gasteiger partial charge in [0.05, 0.1) is 0 Å². The number of hydrogen-bond donors (Lipinski definition) is 2. The predicted molar refractivity (Wildman–Crippen MR) is 63.4 cm³/mol. The number of hydrogen-bond acceptors (Lipinski definition) is 3. The van der Waals surface area contributed by atoms with E-state index in [1.807, 2.05) is 0 Å². The van der Waals surface area contributed by atoms with Crippen LogP contribution in [0.4, 0.5) is 4.39 Å². The molecule has 2 N–H and O–H groups in total. The fourth-order valence-corrected chi connectivity index (χ4v) is 1.97. The van der Waals surface area contributed by atoms with E-state index in [1.165, 1.54) is 12.1 Å². The first-order valence-electron chi connectivity index (χ1n) is 5.89. The molecule has 4 heteroatoms. The molecule has 0 unspecified atom stereocenters. The van der Waals surface area contributed by atoms with Crippen LogP contribution in [0.3, 0.4) is 0 Å². The van der Waals surface area contributed by atoms with Gasteiger partial charge in [-0.1, -0.05) is 6.07 Å². The average Bonchev–Trinajstić information content (AvgIpc) is 2.32. The minimum atomic E-state index is -0.568. The molecule has 2 rings (SSSR count). The molecule has 0 amide bonds. The summed E-state index contributed by atoms with van der Waals surface area (Å²) in [5.74, 6) is -0.868. The maximum absolute atomic E-state index is 13.1. The third kappa shape index (κ3) is 3.17. The second-order valence-corrected chi connectivity index (χ2v) is 4.81. The molecule has 1 heterocycles. The Kier molecular flexibility index (Phi) is 3.64. The molecule has 1 fully saturated rings. The number of rotatable bonds is 3. The SMILES string of the molecule is CC1(NCc2ccc(O)c(F)c2)CCOCC1. The summed E-state index contributed by atoms with van der Waals surface area (Å²) in [7, 11) is 0. The summed E-state index contributed by atoms with van der Waals surface area (Å²) >= 11 is 0. The zero-order valence-electron chi connectivity index (χ0n) is 10.0. The van der Waals surface area contributed by atoms with Crippen LogP contribution in [0.2, 0.25) is 0 Å². The quantitative estimate of drug-likeness (QED) is 0.849. The van der Waals surface area contributed by atoms with Crippen LogP contribution >= 0.6 is 0 Å². The molecule has 1 aromatic carbocycles. The Balaban J connectivity index is 1.94. The van der Waals surface area contributed by atoms with Crippen LogP contribution in [0.25, 0.3) is 0 Å². The van der Waals surface area contributed by atoms with E-state index in [1.54, 1.807) is 6.07 Å². The lowest BCUT2D eigenvalue weighted by Gasteiger charge is -2.34. The summed E-state index contributed by atoms with van der Waals surface area (Å²) < 4.78 is 18.5. The molecule has 1 aromatic rings. The number of phenolic OH excluding ortho intramolecular Hbond substituents is 1. The highest BCUT2D eigenvalue weighted by atomic mass is 19.1. The Morgan fingerprint density at radius 2 is 2.12 bits per heavy atom. The molecule has 94 valence electrons. The average molecular weight is 239 g/mol. The maximum Gasteiger partial charge on any atom is 0.165 e. The monoisotopic (exact) mass is 239 g/mol. The van der Waals surface area contributed by atoms with Gasteiger partial charge in [-0.3, -0.25) is 0 Å². The van der Waals surface area contributed by atoms with Crippen molar-refractivity contribution >= 4 is 0 Å². The fraction of sp³-hybridized carbons (Fsp3) is 0.538. The van der Waals surface area contributed by atoms with Crippen molar-refractivity contribution in [2.24, 2.45) is 0 Å². The minimum absolute atomic E-state index is 0.0621. The second-order valence-electron chi connectivity index (χ2n) is 4.81. The zero-order valence-corrected chi connectivity index (χ0v) is 10.0. The summed E-state index contributed by atoms with van der Waals surface area (Å²) in [5.41, 5.74) is 0.903. The van der Waals surface area contributed by atoms with Crippen LogP contribution in [-0.4, -0.2) is 23.9 Å². The van der Waals surface area contributed by atoms with Crippen molar-refractivity contribution in [2.75, 3.05) is 13.2 Å². The van der Waals surface area contributed by atoms with E-state index < -0.39 is 5.82 Å². The van der Waals surface area contributed by atoms with Crippen molar-refractivity contribution in [3.63, 3.8) is 0 Å². The fourth-order valence-electron chi connectivity index (χ4n) is 1.97. The summed E-state index contributed by atoms with van der Waals surface area (Å²) in [5, 5.41) is 12.5. The highest BCUT2D eigenvalue weighted by Crippen LogP contribution is 2.21. The molecule has 17 heavy (non-hydrogen) atoms. The largest absolute Gasteiger partial charge is 0.505 e. The van der Waals surface area contributed by atoms with E-state index >= 15 is 0 Å². The number of nitrogens with one attached hydrogen (secondary N) is 1. The molecule has 1 aliphatic heterocycles. The van der Waals surface area contributed by atoms with Gasteiger partial charge in [0.2, 0.25) is 0 Å². The third-order valence-corrected chi connectivity index (χ3v) is 3.33. The Morgan fingerprint density at radius 3 is 2.76 bits per heavy atom. The van der Waals surface area contributed by atoms with E-state index in [0.717, 1.165) is 31.6 Å². The van der Waals surface area contributed by atoms with Crippen molar-refractivity contribution in [2.45, 2.75) is 31.8 Å². The van der Waals surface area contributed by atoms with Crippen molar-refractivity contribution in [1.82, 2.24) is 5.32 Å². The first-order valence-corrected chi connectivity index (χ1v) is 5.89. The molecule has 1 aliphatic rings. The molecule has 0 spiro atoms. The lowest BCUT2D eigenvalue weighted by Crippen LogP contribution is -2.46. The molecule has 0 aromatic heterocycles. The van der Waals surface area contributed by atoms with Crippen molar-refractivity contribution in [1.29, 1.82) is 0 Å². The van der Waals surface area contributed by atoms with Crippen LogP contribution in [0.15, 0.2) is 18.2 Å². The van der Waals surface area contributed by atoms with Gasteiger partial charge in [-0.05, 0) is 37.5 Å². The number of phenols is 1. The smallest absolute Gasteiger partial charge is 0.165 e. The molecular formula is C13H18FNO2. The van der Waals surface area contributed by atoms with E-state index in [-0.39, 0.29) is 11.3 Å². The molecule has 0 bridgehead atoms. The molecule has 3 nitrogen and oxygen atoms in total. The van der Waals surface area contributed by atoms with Crippen LogP contribution < -0.4 is 5.32 Å². The molecule has 1 saturated heterocycles. The molecule has 0 atom stereocenters. The first kappa shape index (κ1) is 12.3. The van der Waals surface area contributed by atoms with Crippen molar-refractivity contribution in [3.05, 3.63) is 29.6 Å². The van der Waals surface area contributed by atoms with Crippen LogP contribution in [-0.2, 0) is 11.3 Å². The van der Waals surface area contributed by atoms with E-state index in [0.29, 0.717) is 6.54 Å². The molecular weight excluding hydrogens is 221 g/mol. The topological polar surface area (TPSA) is 41.5 Å². The Morgan fingerprint density at radius 1 is 1.41 bits per heavy atom. The summed E-state index contributed by atoms with van der Waals surface area (Å²) in [6.45, 7) is 4.31. The van der Waals surface area contributed by atoms with Gasteiger partial charge in [0, 0.05) is 25.3 Å². The molecule has 0 radical (unpaired) electrons. The Hall–Kier alpha value is -1.13. The van der Waals surface area contributed by atoms with Gasteiger partial charge in [0.1, 0.15) is 0 Å². The maximum atomic E-state index is 13.1. The lowest BCUT2D eigenvalue weighted by molar-refractivity contribution is 0.0446. The van der Waals surface area contributed by atoms with Gasteiger partial charge < -0.3 is 15.2 Å². The van der Waals surface area contributed by atoms with Gasteiger partial charge >= 0.3 is 0 Å². The van der Waals surface area contributed by atoms with Gasteiger partial charge in [0.25, 0.3) is 0 Å². The van der Waals surface area contributed by atoms with Crippen LogP contribution in [0.5, 0.6) is 5.75 Å². The highest BCUT2D eigenvalue weighted by molar-refractivity contribution is 5.28. The van der Waals surface area contributed by atoms with Gasteiger partial charge in [-0.25, -0.2) is 4.39 Å². The van der Waals surface area contributed by atoms with Gasteiger partial charge in [-0.15, -0.1) is 0 Å². The van der Waals surface area contributed by atoms with Crippen LogP contribution in [0, 0.1) is 5.82 Å². The summed E-state index contributed by atoms with van der Waals surface area (Å²) in [6.07, 6.45) is 1.93. The number of aromatic hydroxyl groups is 1. The standard InChI is InChI=1S/C13H18FNO2/c1-13(4-6-17-7-5-13)15-9-10-2-3-12(16)11(14)8-10/h2-3,8,15-16H,4-7,9H2,1H3. The van der Waals surface area contributed by atoms with Crippen molar-refractivity contribution in [3.8, 4) is 5.75 Å². The summed E-state index contributed by atoms with van der Waals surface area (Å²) in [4.78, 5) is 0. The predicted octanol–water partition coefficient (Wildman–Crippen LogP) is 2.19. The highest BCUT2D eigenvalue weighted by Gasteiger charge is 2.26. The van der Waals surface area contributed by atoms with Gasteiger partial charge in [0.15, 0.2) is 11.6 Å². The van der Waals surface area contributed by atoms with E-state index in [2.05, 4.69) is 12.2 Å².